The van der Waals surface area contributed by atoms with E-state index in [1.54, 1.807) is 0 Å². The van der Waals surface area contributed by atoms with Crippen LogP contribution in [0.4, 0.5) is 10.7 Å². The van der Waals surface area contributed by atoms with Crippen LogP contribution in [-0.2, 0) is 4.74 Å². The first-order valence-electron chi connectivity index (χ1n) is 5.55. The van der Waals surface area contributed by atoms with E-state index in [0.29, 0.717) is 12.5 Å². The summed E-state index contributed by atoms with van der Waals surface area (Å²) in [7, 11) is 0. The van der Waals surface area contributed by atoms with Gasteiger partial charge in [0.15, 0.2) is 0 Å². The molecule has 0 unspecified atom stereocenters. The smallest absolute Gasteiger partial charge is 0.414 e. The molecule has 16 heavy (non-hydrogen) atoms. The lowest BCUT2D eigenvalue weighted by atomic mass is 9.90. The van der Waals surface area contributed by atoms with Crippen LogP contribution in [0.25, 0.3) is 0 Å². The van der Waals surface area contributed by atoms with Crippen molar-refractivity contribution < 1.29 is 14.1 Å². The summed E-state index contributed by atoms with van der Waals surface area (Å²) in [5.41, 5.74) is 0. The van der Waals surface area contributed by atoms with Crippen molar-refractivity contribution in [3.8, 4) is 0 Å². The van der Waals surface area contributed by atoms with Gasteiger partial charge in [-0.05, 0) is 23.9 Å². The Bertz CT molecular complexity index is 320. The van der Waals surface area contributed by atoms with Crippen molar-refractivity contribution in [2.75, 3.05) is 11.9 Å². The minimum absolute atomic E-state index is 0.133. The lowest BCUT2D eigenvalue weighted by Crippen LogP contribution is -2.20. The molecule has 6 heteroatoms. The number of rotatable bonds is 3. The number of hydrogen-bond acceptors (Lipinski definition) is 5. The summed E-state index contributed by atoms with van der Waals surface area (Å²) in [4.78, 5) is 15.0. The maximum absolute atomic E-state index is 11.3. The van der Waals surface area contributed by atoms with Crippen LogP contribution < -0.4 is 5.32 Å². The number of hydrogen-bond donors (Lipinski definition) is 1. The number of anilines is 1. The van der Waals surface area contributed by atoms with Crippen LogP contribution in [0.1, 0.15) is 32.1 Å². The van der Waals surface area contributed by atoms with Crippen LogP contribution in [0, 0.1) is 5.92 Å². The molecule has 0 atom stereocenters. The van der Waals surface area contributed by atoms with Crippen molar-refractivity contribution in [2.45, 2.75) is 32.1 Å². The average Bonchev–Trinajstić information content (AvgIpc) is 2.81. The van der Waals surface area contributed by atoms with Gasteiger partial charge in [0.25, 0.3) is 5.95 Å². The van der Waals surface area contributed by atoms with Gasteiger partial charge in [-0.3, -0.25) is 5.32 Å². The number of carbonyl (C=O) groups is 1. The lowest BCUT2D eigenvalue weighted by molar-refractivity contribution is 0.128. The Balaban J connectivity index is 1.67. The van der Waals surface area contributed by atoms with Gasteiger partial charge in [0.05, 0.1) is 6.61 Å². The molecule has 0 aromatic carbocycles. The number of aromatic nitrogens is 2. The fourth-order valence-electron chi connectivity index (χ4n) is 1.90. The van der Waals surface area contributed by atoms with E-state index >= 15 is 0 Å². The van der Waals surface area contributed by atoms with E-state index in [1.807, 2.05) is 0 Å². The summed E-state index contributed by atoms with van der Waals surface area (Å²) < 4.78 is 9.56. The zero-order valence-electron chi connectivity index (χ0n) is 9.02. The summed E-state index contributed by atoms with van der Waals surface area (Å²) in [5.74, 6) is 0.637. The number of ether oxygens (including phenoxy) is 1. The van der Waals surface area contributed by atoms with Crippen LogP contribution in [0.15, 0.2) is 10.9 Å². The fourth-order valence-corrected chi connectivity index (χ4v) is 1.90. The molecule has 0 saturated heterocycles. The summed E-state index contributed by atoms with van der Waals surface area (Å²) in [6.07, 6.45) is 6.70. The highest BCUT2D eigenvalue weighted by atomic mass is 16.5. The average molecular weight is 225 g/mol. The Labute approximate surface area is 93.4 Å². The van der Waals surface area contributed by atoms with Crippen molar-refractivity contribution in [1.29, 1.82) is 0 Å². The summed E-state index contributed by atoms with van der Waals surface area (Å²) in [5, 5.41) is 5.84. The number of nitrogens with one attached hydrogen (secondary N) is 1. The monoisotopic (exact) mass is 225 g/mol. The van der Waals surface area contributed by atoms with Crippen LogP contribution in [-0.4, -0.2) is 22.8 Å². The van der Waals surface area contributed by atoms with Crippen LogP contribution in [0.2, 0.25) is 0 Å². The standard InChI is InChI=1S/C10H15N3O3/c14-10(12-9-11-7-16-13-9)15-6-8-4-2-1-3-5-8/h7-8H,1-6H2,(H,12,13,14). The molecule has 6 nitrogen and oxygen atoms in total. The number of carbonyl (C=O) groups excluding carboxylic acids is 1. The molecule has 0 radical (unpaired) electrons. The molecule has 1 aliphatic rings. The largest absolute Gasteiger partial charge is 0.449 e. The van der Waals surface area contributed by atoms with Gasteiger partial charge in [0, 0.05) is 0 Å². The molecular formula is C10H15N3O3. The molecule has 2 rings (SSSR count). The molecule has 1 fully saturated rings. The van der Waals surface area contributed by atoms with Crippen LogP contribution >= 0.6 is 0 Å². The van der Waals surface area contributed by atoms with Crippen molar-refractivity contribution in [3.63, 3.8) is 0 Å². The Morgan fingerprint density at radius 1 is 1.50 bits per heavy atom. The zero-order valence-corrected chi connectivity index (χ0v) is 9.02. The molecular weight excluding hydrogens is 210 g/mol. The van der Waals surface area contributed by atoms with Gasteiger partial charge in [-0.1, -0.05) is 19.3 Å². The minimum Gasteiger partial charge on any atom is -0.449 e. The van der Waals surface area contributed by atoms with Gasteiger partial charge in [0.2, 0.25) is 6.39 Å². The lowest BCUT2D eigenvalue weighted by Gasteiger charge is -2.20. The Hall–Kier alpha value is -1.59. The van der Waals surface area contributed by atoms with Crippen molar-refractivity contribution in [3.05, 3.63) is 6.39 Å². The summed E-state index contributed by atoms with van der Waals surface area (Å²) in [6, 6.07) is 0. The Kier molecular flexibility index (Phi) is 3.74. The second kappa shape index (κ2) is 5.48. The number of amides is 1. The van der Waals surface area contributed by atoms with Crippen molar-refractivity contribution >= 4 is 12.0 Å². The molecule has 1 saturated carbocycles. The fraction of sp³-hybridized carbons (Fsp3) is 0.700. The van der Waals surface area contributed by atoms with E-state index in [1.165, 1.54) is 19.3 Å². The normalized spacial score (nSPS) is 17.0. The van der Waals surface area contributed by atoms with Crippen LogP contribution in [0.5, 0.6) is 0 Å². The second-order valence-electron chi connectivity index (χ2n) is 3.98. The highest BCUT2D eigenvalue weighted by Gasteiger charge is 2.15. The molecule has 1 N–H and O–H groups in total. The Morgan fingerprint density at radius 2 is 2.31 bits per heavy atom. The van der Waals surface area contributed by atoms with Gasteiger partial charge in [-0.15, -0.1) is 0 Å². The van der Waals surface area contributed by atoms with Crippen molar-refractivity contribution in [1.82, 2.24) is 10.1 Å². The zero-order chi connectivity index (χ0) is 11.2. The SMILES string of the molecule is O=C(Nc1ncon1)OCC1CCCCC1. The highest BCUT2D eigenvalue weighted by molar-refractivity contribution is 5.81. The predicted octanol–water partition coefficient (Wildman–Crippen LogP) is 2.20. The van der Waals surface area contributed by atoms with Gasteiger partial charge < -0.3 is 9.26 Å². The third kappa shape index (κ3) is 3.22. The van der Waals surface area contributed by atoms with E-state index in [2.05, 4.69) is 20.0 Å². The molecule has 0 spiro atoms. The first kappa shape index (κ1) is 10.9. The molecule has 1 aromatic heterocycles. The quantitative estimate of drug-likeness (QED) is 0.853. The molecule has 0 aliphatic heterocycles. The third-order valence-corrected chi connectivity index (χ3v) is 2.75. The van der Waals surface area contributed by atoms with Crippen LogP contribution in [0.3, 0.4) is 0 Å². The van der Waals surface area contributed by atoms with Crippen molar-refractivity contribution in [2.24, 2.45) is 5.92 Å². The van der Waals surface area contributed by atoms with E-state index in [9.17, 15) is 4.79 Å². The first-order valence-corrected chi connectivity index (χ1v) is 5.55. The highest BCUT2D eigenvalue weighted by Crippen LogP contribution is 2.23. The Morgan fingerprint density at radius 3 is 3.00 bits per heavy atom. The van der Waals surface area contributed by atoms with Gasteiger partial charge in [-0.25, -0.2) is 4.79 Å². The second-order valence-corrected chi connectivity index (χ2v) is 3.98. The van der Waals surface area contributed by atoms with Gasteiger partial charge in [0.1, 0.15) is 0 Å². The summed E-state index contributed by atoms with van der Waals surface area (Å²) >= 11 is 0. The molecule has 1 aliphatic carbocycles. The third-order valence-electron chi connectivity index (χ3n) is 2.75. The first-order chi connectivity index (χ1) is 7.84. The topological polar surface area (TPSA) is 77.3 Å². The van der Waals surface area contributed by atoms with E-state index < -0.39 is 6.09 Å². The molecule has 1 amide bonds. The molecule has 1 heterocycles. The van der Waals surface area contributed by atoms with E-state index in [0.717, 1.165) is 19.2 Å². The molecule has 1 aromatic rings. The van der Waals surface area contributed by atoms with E-state index in [4.69, 9.17) is 4.74 Å². The summed E-state index contributed by atoms with van der Waals surface area (Å²) in [6.45, 7) is 0.476. The number of nitrogens with zero attached hydrogens (tertiary/aromatic N) is 2. The molecule has 88 valence electrons. The maximum atomic E-state index is 11.3. The van der Waals surface area contributed by atoms with E-state index in [-0.39, 0.29) is 5.95 Å². The van der Waals surface area contributed by atoms with Gasteiger partial charge >= 0.3 is 6.09 Å². The minimum atomic E-state index is -0.521. The van der Waals surface area contributed by atoms with Gasteiger partial charge in [-0.2, -0.15) is 4.98 Å². The molecule has 0 bridgehead atoms. The maximum Gasteiger partial charge on any atom is 0.414 e. The predicted molar refractivity (Wildman–Crippen MR) is 55.8 cm³/mol.